The number of hydrogen-bond acceptors (Lipinski definition) is 5. The van der Waals surface area contributed by atoms with Crippen LogP contribution in [0.3, 0.4) is 0 Å². The van der Waals surface area contributed by atoms with Crippen molar-refractivity contribution in [3.63, 3.8) is 0 Å². The smallest absolute Gasteiger partial charge is 0.407 e. The molecular formula is C16H30N2O5. The van der Waals surface area contributed by atoms with Crippen LogP contribution in [-0.2, 0) is 9.57 Å². The Bertz CT molecular complexity index is 373. The second-order valence-corrected chi connectivity index (χ2v) is 7.32. The minimum Gasteiger partial charge on any atom is -0.444 e. The van der Waals surface area contributed by atoms with Crippen LogP contribution in [0.1, 0.15) is 65.7 Å². The summed E-state index contributed by atoms with van der Waals surface area (Å²) in [6.07, 6.45) is 7.03. The number of rotatable bonds is 8. The summed E-state index contributed by atoms with van der Waals surface area (Å²) in [7, 11) is 0. The molecule has 7 nitrogen and oxygen atoms in total. The Morgan fingerprint density at radius 1 is 1.17 bits per heavy atom. The van der Waals surface area contributed by atoms with E-state index in [4.69, 9.17) is 4.74 Å². The standard InChI is InChI=1S/C16H30N2O5/c1-16(2,3)23-15(19)17-12-14-9-7-13(8-10-14)6-4-5-11-22-18(20)21/h13-14H,4-12H2,1-3H3,(H,17,19). The van der Waals surface area contributed by atoms with Crippen molar-refractivity contribution in [2.24, 2.45) is 11.8 Å². The Labute approximate surface area is 138 Å². The fourth-order valence-corrected chi connectivity index (χ4v) is 2.94. The maximum Gasteiger partial charge on any atom is 0.407 e. The van der Waals surface area contributed by atoms with Gasteiger partial charge in [-0.15, -0.1) is 10.1 Å². The van der Waals surface area contributed by atoms with Gasteiger partial charge in [0, 0.05) is 6.54 Å². The molecule has 0 saturated heterocycles. The van der Waals surface area contributed by atoms with E-state index in [1.807, 2.05) is 20.8 Å². The molecule has 0 unspecified atom stereocenters. The third kappa shape index (κ3) is 9.97. The summed E-state index contributed by atoms with van der Waals surface area (Å²) in [4.78, 5) is 26.0. The highest BCUT2D eigenvalue weighted by atomic mass is 16.9. The monoisotopic (exact) mass is 330 g/mol. The van der Waals surface area contributed by atoms with Gasteiger partial charge in [0.2, 0.25) is 0 Å². The quantitative estimate of drug-likeness (QED) is 0.416. The van der Waals surface area contributed by atoms with Crippen LogP contribution >= 0.6 is 0 Å². The molecule has 7 heteroatoms. The van der Waals surface area contributed by atoms with Crippen LogP contribution in [0.15, 0.2) is 0 Å². The van der Waals surface area contributed by atoms with Crippen molar-refractivity contribution in [1.29, 1.82) is 0 Å². The molecule has 1 amide bonds. The number of amides is 1. The van der Waals surface area contributed by atoms with E-state index < -0.39 is 10.7 Å². The maximum atomic E-state index is 11.6. The van der Waals surface area contributed by atoms with E-state index in [9.17, 15) is 14.9 Å². The number of carbonyl (C=O) groups excluding carboxylic acids is 1. The Morgan fingerprint density at radius 2 is 1.78 bits per heavy atom. The van der Waals surface area contributed by atoms with Crippen molar-refractivity contribution < 1.29 is 19.5 Å². The molecule has 0 heterocycles. The number of carbonyl (C=O) groups is 1. The average molecular weight is 330 g/mol. The SMILES string of the molecule is CC(C)(C)OC(=O)NCC1CCC(CCCCO[N+](=O)[O-])CC1. The van der Waals surface area contributed by atoms with Gasteiger partial charge in [0.25, 0.3) is 5.09 Å². The van der Waals surface area contributed by atoms with Gasteiger partial charge in [0.1, 0.15) is 5.60 Å². The first-order valence-electron chi connectivity index (χ1n) is 8.50. The van der Waals surface area contributed by atoms with Crippen molar-refractivity contribution in [2.45, 2.75) is 71.3 Å². The van der Waals surface area contributed by atoms with Crippen molar-refractivity contribution in [3.05, 3.63) is 10.1 Å². The lowest BCUT2D eigenvalue weighted by atomic mass is 9.80. The Balaban J connectivity index is 2.06. The van der Waals surface area contributed by atoms with Crippen molar-refractivity contribution in [3.8, 4) is 0 Å². The summed E-state index contributed by atoms with van der Waals surface area (Å²) in [5.74, 6) is 1.22. The molecule has 0 aromatic heterocycles. The average Bonchev–Trinajstić information content (AvgIpc) is 2.44. The predicted octanol–water partition coefficient (Wildman–Crippen LogP) is 3.70. The maximum absolute atomic E-state index is 11.6. The molecule has 134 valence electrons. The third-order valence-electron chi connectivity index (χ3n) is 4.10. The number of hydrogen-bond donors (Lipinski definition) is 1. The van der Waals surface area contributed by atoms with Crippen LogP contribution in [0, 0.1) is 22.0 Å². The van der Waals surface area contributed by atoms with Crippen molar-refractivity contribution >= 4 is 6.09 Å². The molecular weight excluding hydrogens is 300 g/mol. The van der Waals surface area contributed by atoms with Crippen LogP contribution in [0.2, 0.25) is 0 Å². The van der Waals surface area contributed by atoms with Gasteiger partial charge in [-0.05, 0) is 51.9 Å². The minimum absolute atomic E-state index is 0.197. The number of nitrogens with one attached hydrogen (secondary N) is 1. The van der Waals surface area contributed by atoms with Crippen molar-refractivity contribution in [1.82, 2.24) is 5.32 Å². The molecule has 0 aromatic rings. The van der Waals surface area contributed by atoms with E-state index in [-0.39, 0.29) is 12.7 Å². The molecule has 1 rings (SSSR count). The van der Waals surface area contributed by atoms with E-state index >= 15 is 0 Å². The summed E-state index contributed by atoms with van der Waals surface area (Å²) >= 11 is 0. The number of nitrogens with zero attached hydrogens (tertiary/aromatic N) is 1. The summed E-state index contributed by atoms with van der Waals surface area (Å²) < 4.78 is 5.23. The topological polar surface area (TPSA) is 90.7 Å². The summed E-state index contributed by atoms with van der Waals surface area (Å²) in [6, 6.07) is 0. The fourth-order valence-electron chi connectivity index (χ4n) is 2.94. The van der Waals surface area contributed by atoms with Crippen molar-refractivity contribution in [2.75, 3.05) is 13.2 Å². The third-order valence-corrected chi connectivity index (χ3v) is 4.10. The molecule has 1 aliphatic carbocycles. The summed E-state index contributed by atoms with van der Waals surface area (Å²) in [5.41, 5.74) is -0.458. The number of ether oxygens (including phenoxy) is 1. The van der Waals surface area contributed by atoms with Crippen LogP contribution < -0.4 is 5.32 Å². The lowest BCUT2D eigenvalue weighted by molar-refractivity contribution is -0.757. The zero-order valence-corrected chi connectivity index (χ0v) is 14.5. The highest BCUT2D eigenvalue weighted by Crippen LogP contribution is 2.31. The number of alkyl carbamates (subject to hydrolysis) is 1. The molecule has 1 N–H and O–H groups in total. The summed E-state index contributed by atoms with van der Waals surface area (Å²) in [5, 5.41) is 12.2. The van der Waals surface area contributed by atoms with E-state index in [0.29, 0.717) is 18.4 Å². The zero-order valence-electron chi connectivity index (χ0n) is 14.5. The van der Waals surface area contributed by atoms with Gasteiger partial charge < -0.3 is 14.9 Å². The van der Waals surface area contributed by atoms with Gasteiger partial charge >= 0.3 is 6.09 Å². The molecule has 0 bridgehead atoms. The van der Waals surface area contributed by atoms with Gasteiger partial charge in [0.05, 0.1) is 6.61 Å². The zero-order chi connectivity index (χ0) is 17.3. The van der Waals surface area contributed by atoms with Gasteiger partial charge in [-0.25, -0.2) is 4.79 Å². The lowest BCUT2D eigenvalue weighted by Crippen LogP contribution is -2.36. The Kier molecular flexibility index (Phi) is 8.12. The normalized spacial score (nSPS) is 21.5. The Morgan fingerprint density at radius 3 is 2.35 bits per heavy atom. The fraction of sp³-hybridized carbons (Fsp3) is 0.938. The lowest BCUT2D eigenvalue weighted by Gasteiger charge is -2.29. The van der Waals surface area contributed by atoms with Gasteiger partial charge in [0.15, 0.2) is 0 Å². The van der Waals surface area contributed by atoms with Gasteiger partial charge in [-0.1, -0.05) is 25.7 Å². The minimum atomic E-state index is -0.733. The first-order valence-corrected chi connectivity index (χ1v) is 8.50. The van der Waals surface area contributed by atoms with Crippen LogP contribution in [0.25, 0.3) is 0 Å². The first-order chi connectivity index (χ1) is 10.8. The highest BCUT2D eigenvalue weighted by Gasteiger charge is 2.22. The molecule has 1 aliphatic rings. The highest BCUT2D eigenvalue weighted by molar-refractivity contribution is 5.67. The van der Waals surface area contributed by atoms with E-state index in [1.165, 1.54) is 0 Å². The second-order valence-electron chi connectivity index (χ2n) is 7.32. The molecule has 0 spiro atoms. The molecule has 1 saturated carbocycles. The van der Waals surface area contributed by atoms with E-state index in [1.54, 1.807) is 0 Å². The van der Waals surface area contributed by atoms with E-state index in [2.05, 4.69) is 10.2 Å². The van der Waals surface area contributed by atoms with Gasteiger partial charge in [-0.3, -0.25) is 0 Å². The number of unbranched alkanes of at least 4 members (excludes halogenated alkanes) is 1. The van der Waals surface area contributed by atoms with Crippen LogP contribution in [0.5, 0.6) is 0 Å². The molecule has 0 aliphatic heterocycles. The predicted molar refractivity (Wildman–Crippen MR) is 86.5 cm³/mol. The van der Waals surface area contributed by atoms with Crippen LogP contribution in [-0.4, -0.2) is 29.9 Å². The molecule has 0 aromatic carbocycles. The molecule has 0 atom stereocenters. The molecule has 23 heavy (non-hydrogen) atoms. The largest absolute Gasteiger partial charge is 0.444 e. The molecule has 0 radical (unpaired) electrons. The van der Waals surface area contributed by atoms with Crippen LogP contribution in [0.4, 0.5) is 4.79 Å². The summed E-state index contributed by atoms with van der Waals surface area (Å²) in [6.45, 7) is 6.44. The second kappa shape index (κ2) is 9.57. The van der Waals surface area contributed by atoms with E-state index in [0.717, 1.165) is 44.9 Å². The Hall–Kier alpha value is -1.53. The van der Waals surface area contributed by atoms with Gasteiger partial charge in [-0.2, -0.15) is 0 Å². The first kappa shape index (κ1) is 19.5. The molecule has 1 fully saturated rings.